The van der Waals surface area contributed by atoms with Gasteiger partial charge in [0.15, 0.2) is 0 Å². The van der Waals surface area contributed by atoms with Gasteiger partial charge in [0.2, 0.25) is 0 Å². The van der Waals surface area contributed by atoms with Crippen molar-refractivity contribution in [3.8, 4) is 0 Å². The molecule has 0 aromatic heterocycles. The summed E-state index contributed by atoms with van der Waals surface area (Å²) in [6.45, 7) is 5.26. The summed E-state index contributed by atoms with van der Waals surface area (Å²) >= 11 is 0. The Kier molecular flexibility index (Phi) is 5.46. The molecule has 112 valence electrons. The molecular formula is C15H22F2N2O. The Labute approximate surface area is 118 Å². The Morgan fingerprint density at radius 2 is 2.05 bits per heavy atom. The molecule has 0 amide bonds. The molecule has 1 saturated heterocycles. The maximum Gasteiger partial charge on any atom is 0.126 e. The van der Waals surface area contributed by atoms with Crippen LogP contribution >= 0.6 is 0 Å². The van der Waals surface area contributed by atoms with E-state index in [0.29, 0.717) is 18.6 Å². The maximum atomic E-state index is 13.3. The van der Waals surface area contributed by atoms with Gasteiger partial charge in [-0.3, -0.25) is 0 Å². The van der Waals surface area contributed by atoms with Gasteiger partial charge in [-0.25, -0.2) is 8.78 Å². The summed E-state index contributed by atoms with van der Waals surface area (Å²) in [6.07, 6.45) is 0.598. The van der Waals surface area contributed by atoms with Crippen molar-refractivity contribution in [2.75, 3.05) is 33.3 Å². The van der Waals surface area contributed by atoms with Crippen molar-refractivity contribution >= 4 is 0 Å². The molecule has 2 unspecified atom stereocenters. The number of ether oxygens (including phenoxy) is 1. The Bertz CT molecular complexity index is 422. The predicted molar refractivity (Wildman–Crippen MR) is 74.8 cm³/mol. The minimum absolute atomic E-state index is 0.0417. The van der Waals surface area contributed by atoms with Crippen LogP contribution < -0.4 is 5.32 Å². The van der Waals surface area contributed by atoms with E-state index in [1.165, 1.54) is 12.1 Å². The molecule has 5 heteroatoms. The average Bonchev–Trinajstić information content (AvgIpc) is 2.37. The minimum atomic E-state index is -0.531. The van der Waals surface area contributed by atoms with Gasteiger partial charge in [-0.15, -0.1) is 0 Å². The Balaban J connectivity index is 2.07. The quantitative estimate of drug-likeness (QED) is 0.892. The van der Waals surface area contributed by atoms with E-state index in [1.54, 1.807) is 0 Å². The third kappa shape index (κ3) is 4.23. The van der Waals surface area contributed by atoms with Gasteiger partial charge < -0.3 is 15.0 Å². The normalized spacial score (nSPS) is 21.9. The smallest absolute Gasteiger partial charge is 0.126 e. The molecule has 0 aliphatic carbocycles. The zero-order chi connectivity index (χ0) is 14.5. The second kappa shape index (κ2) is 7.11. The average molecular weight is 284 g/mol. The van der Waals surface area contributed by atoms with Crippen LogP contribution in [0, 0.1) is 11.6 Å². The van der Waals surface area contributed by atoms with Crippen LogP contribution in [0.2, 0.25) is 0 Å². The number of nitrogens with zero attached hydrogens (tertiary/aromatic N) is 1. The molecule has 2 rings (SSSR count). The highest BCUT2D eigenvalue weighted by Crippen LogP contribution is 2.15. The molecule has 0 radical (unpaired) electrons. The van der Waals surface area contributed by atoms with Crippen LogP contribution in [0.25, 0.3) is 0 Å². The number of morpholine rings is 1. The van der Waals surface area contributed by atoms with Gasteiger partial charge in [-0.1, -0.05) is 6.92 Å². The van der Waals surface area contributed by atoms with Crippen LogP contribution in [0.1, 0.15) is 12.5 Å². The van der Waals surface area contributed by atoms with Gasteiger partial charge in [-0.05, 0) is 37.7 Å². The molecule has 3 nitrogen and oxygen atoms in total. The lowest BCUT2D eigenvalue weighted by Crippen LogP contribution is -2.52. The summed E-state index contributed by atoms with van der Waals surface area (Å²) in [5.41, 5.74) is 0.658. The topological polar surface area (TPSA) is 24.5 Å². The van der Waals surface area contributed by atoms with E-state index in [4.69, 9.17) is 4.74 Å². The lowest BCUT2D eigenvalue weighted by atomic mass is 9.99. The fraction of sp³-hybridized carbons (Fsp3) is 0.600. The monoisotopic (exact) mass is 284 g/mol. The lowest BCUT2D eigenvalue weighted by Gasteiger charge is -2.35. The van der Waals surface area contributed by atoms with Crippen LogP contribution in [-0.2, 0) is 11.2 Å². The summed E-state index contributed by atoms with van der Waals surface area (Å²) in [6, 6.07) is 3.74. The van der Waals surface area contributed by atoms with Crippen LogP contribution in [0.3, 0.4) is 0 Å². The van der Waals surface area contributed by atoms with Crippen molar-refractivity contribution in [2.45, 2.75) is 25.5 Å². The van der Waals surface area contributed by atoms with Gasteiger partial charge in [0, 0.05) is 25.2 Å². The van der Waals surface area contributed by atoms with Crippen LogP contribution in [-0.4, -0.2) is 50.3 Å². The molecule has 2 atom stereocenters. The standard InChI is InChI=1S/C15H22F2N2O/c1-3-18-14(15-10-19(2)4-5-20-15)8-11-6-12(16)9-13(17)7-11/h6-7,9,14-15,18H,3-5,8,10H2,1-2H3. The summed E-state index contributed by atoms with van der Waals surface area (Å²) in [5.74, 6) is -1.06. The molecule has 20 heavy (non-hydrogen) atoms. The Morgan fingerprint density at radius 1 is 1.35 bits per heavy atom. The van der Waals surface area contributed by atoms with Crippen LogP contribution in [0.15, 0.2) is 18.2 Å². The third-order valence-corrected chi connectivity index (χ3v) is 3.59. The zero-order valence-electron chi connectivity index (χ0n) is 12.0. The highest BCUT2D eigenvalue weighted by Gasteiger charge is 2.26. The minimum Gasteiger partial charge on any atom is -0.374 e. The molecule has 1 N–H and O–H groups in total. The largest absolute Gasteiger partial charge is 0.374 e. The summed E-state index contributed by atoms with van der Waals surface area (Å²) in [5, 5.41) is 3.36. The molecule has 1 aromatic rings. The van der Waals surface area contributed by atoms with E-state index in [1.807, 2.05) is 6.92 Å². The van der Waals surface area contributed by atoms with Gasteiger partial charge in [0.25, 0.3) is 0 Å². The van der Waals surface area contributed by atoms with Crippen LogP contribution in [0.4, 0.5) is 8.78 Å². The number of halogens is 2. The van der Waals surface area contributed by atoms with Crippen molar-refractivity contribution in [3.63, 3.8) is 0 Å². The molecule has 1 aliphatic heterocycles. The Morgan fingerprint density at radius 3 is 2.65 bits per heavy atom. The highest BCUT2D eigenvalue weighted by molar-refractivity contribution is 5.19. The van der Waals surface area contributed by atoms with E-state index in [9.17, 15) is 8.78 Å². The number of benzene rings is 1. The first-order valence-corrected chi connectivity index (χ1v) is 7.07. The van der Waals surface area contributed by atoms with Crippen molar-refractivity contribution in [2.24, 2.45) is 0 Å². The number of nitrogens with one attached hydrogen (secondary N) is 1. The molecule has 0 saturated carbocycles. The van der Waals surface area contributed by atoms with Gasteiger partial charge in [0.05, 0.1) is 12.7 Å². The van der Waals surface area contributed by atoms with Gasteiger partial charge in [0.1, 0.15) is 11.6 Å². The summed E-state index contributed by atoms with van der Waals surface area (Å²) in [7, 11) is 2.06. The molecule has 1 fully saturated rings. The number of hydrogen-bond acceptors (Lipinski definition) is 3. The Hall–Kier alpha value is -1.04. The molecule has 0 bridgehead atoms. The third-order valence-electron chi connectivity index (χ3n) is 3.59. The van der Waals surface area contributed by atoms with Gasteiger partial charge in [-0.2, -0.15) is 0 Å². The van der Waals surface area contributed by atoms with Crippen molar-refractivity contribution in [1.82, 2.24) is 10.2 Å². The first-order chi connectivity index (χ1) is 9.58. The number of hydrogen-bond donors (Lipinski definition) is 1. The van der Waals surface area contributed by atoms with Crippen molar-refractivity contribution in [3.05, 3.63) is 35.4 Å². The fourth-order valence-electron chi connectivity index (χ4n) is 2.63. The molecule has 1 aliphatic rings. The van der Waals surface area contributed by atoms with Gasteiger partial charge >= 0.3 is 0 Å². The summed E-state index contributed by atoms with van der Waals surface area (Å²) < 4.78 is 32.3. The maximum absolute atomic E-state index is 13.3. The first kappa shape index (κ1) is 15.4. The van der Waals surface area contributed by atoms with E-state index < -0.39 is 11.6 Å². The second-order valence-electron chi connectivity index (χ2n) is 5.32. The molecule has 1 aromatic carbocycles. The molecular weight excluding hydrogens is 262 g/mol. The van der Waals surface area contributed by atoms with Crippen molar-refractivity contribution in [1.29, 1.82) is 0 Å². The van der Waals surface area contributed by atoms with E-state index in [-0.39, 0.29) is 12.1 Å². The van der Waals surface area contributed by atoms with E-state index in [2.05, 4.69) is 17.3 Å². The molecule has 0 spiro atoms. The molecule has 1 heterocycles. The van der Waals surface area contributed by atoms with Crippen molar-refractivity contribution < 1.29 is 13.5 Å². The van der Waals surface area contributed by atoms with Crippen LogP contribution in [0.5, 0.6) is 0 Å². The predicted octanol–water partition coefficient (Wildman–Crippen LogP) is 1.82. The second-order valence-corrected chi connectivity index (χ2v) is 5.32. The fourth-order valence-corrected chi connectivity index (χ4v) is 2.63. The highest BCUT2D eigenvalue weighted by atomic mass is 19.1. The lowest BCUT2D eigenvalue weighted by molar-refractivity contribution is -0.0381. The zero-order valence-corrected chi connectivity index (χ0v) is 12.0. The number of rotatable bonds is 5. The first-order valence-electron chi connectivity index (χ1n) is 7.07. The summed E-state index contributed by atoms with van der Waals surface area (Å²) in [4.78, 5) is 2.21. The number of likely N-dealkylation sites (N-methyl/N-ethyl adjacent to an activating group) is 2. The van der Waals surface area contributed by atoms with E-state index >= 15 is 0 Å². The SMILES string of the molecule is CCNC(Cc1cc(F)cc(F)c1)C1CN(C)CCO1. The van der Waals surface area contributed by atoms with E-state index in [0.717, 1.165) is 25.7 Å².